The molecule has 3 heteroatoms. The Hall–Kier alpha value is -4.89. The highest BCUT2D eigenvalue weighted by Crippen LogP contribution is 2.69. The summed E-state index contributed by atoms with van der Waals surface area (Å²) >= 11 is 0. The molecule has 5 aliphatic rings. The average Bonchev–Trinajstić information content (AvgIpc) is 3.41. The van der Waals surface area contributed by atoms with Gasteiger partial charge in [-0.2, -0.15) is 0 Å². The van der Waals surface area contributed by atoms with Gasteiger partial charge in [0.1, 0.15) is 0 Å². The molecule has 0 N–H and O–H groups in total. The third-order valence-electron chi connectivity index (χ3n) is 11.9. The largest absolute Gasteiger partial charge is 0.208 e. The zero-order chi connectivity index (χ0) is 31.1. The van der Waals surface area contributed by atoms with Crippen LogP contribution in [0.5, 0.6) is 0 Å². The molecule has 5 aromatic carbocycles. The molecule has 4 fully saturated rings. The Labute approximate surface area is 276 Å². The van der Waals surface area contributed by atoms with Crippen LogP contribution in [0, 0.1) is 30.6 Å². The lowest BCUT2D eigenvalue weighted by atomic mass is 9.43. The van der Waals surface area contributed by atoms with Crippen molar-refractivity contribution in [2.45, 2.75) is 44.4 Å². The Morgan fingerprint density at radius 3 is 1.62 bits per heavy atom. The summed E-state index contributed by atoms with van der Waals surface area (Å²) in [5.41, 5.74) is 13.0. The first-order valence-corrected chi connectivity index (χ1v) is 17.4. The first kappa shape index (κ1) is 27.2. The summed E-state index contributed by atoms with van der Waals surface area (Å²) in [5.74, 6) is 5.46. The van der Waals surface area contributed by atoms with Crippen molar-refractivity contribution in [3.05, 3.63) is 138 Å². The number of aromatic nitrogens is 3. The van der Waals surface area contributed by atoms with E-state index in [4.69, 9.17) is 15.0 Å². The molecule has 0 radical (unpaired) electrons. The summed E-state index contributed by atoms with van der Waals surface area (Å²) in [6.45, 7) is 2.19. The molecule has 0 aliphatic heterocycles. The van der Waals surface area contributed by atoms with Crippen LogP contribution in [0.1, 0.15) is 48.8 Å². The van der Waals surface area contributed by atoms with E-state index in [1.807, 2.05) is 36.4 Å². The molecule has 4 bridgehead atoms. The van der Waals surface area contributed by atoms with Crippen molar-refractivity contribution in [3.63, 3.8) is 0 Å². The first-order valence-electron chi connectivity index (χ1n) is 17.4. The SMILES string of the molecule is Cc1cc(-c2ccc3c(c2)C2(c4ccccc4-3)C3CC4CC(C3)CC2C4)cc(-c2nc(-c3ccccc3)nc(-c3ccccc3)n2)c1. The number of hydrogen-bond donors (Lipinski definition) is 0. The van der Waals surface area contributed by atoms with Gasteiger partial charge in [0.25, 0.3) is 0 Å². The number of aryl methyl sites for hydroxylation is 1. The number of benzene rings is 5. The molecular formula is C44H37N3. The summed E-state index contributed by atoms with van der Waals surface area (Å²) in [6, 6.07) is 44.0. The van der Waals surface area contributed by atoms with Gasteiger partial charge in [-0.15, -0.1) is 0 Å². The fourth-order valence-corrected chi connectivity index (χ4v) is 10.3. The minimum atomic E-state index is 0.158. The van der Waals surface area contributed by atoms with E-state index < -0.39 is 0 Å². The smallest absolute Gasteiger partial charge is 0.164 e. The van der Waals surface area contributed by atoms with Gasteiger partial charge in [-0.25, -0.2) is 15.0 Å². The Balaban J connectivity index is 1.12. The molecule has 0 saturated heterocycles. The third kappa shape index (κ3) is 4.15. The predicted octanol–water partition coefficient (Wildman–Crippen LogP) is 10.6. The Morgan fingerprint density at radius 1 is 0.447 bits per heavy atom. The van der Waals surface area contributed by atoms with Crippen LogP contribution in [0.25, 0.3) is 56.4 Å². The van der Waals surface area contributed by atoms with Crippen molar-refractivity contribution in [2.24, 2.45) is 23.7 Å². The Kier molecular flexibility index (Phi) is 5.97. The van der Waals surface area contributed by atoms with E-state index in [0.29, 0.717) is 17.5 Å². The minimum Gasteiger partial charge on any atom is -0.208 e. The molecule has 0 unspecified atom stereocenters. The third-order valence-corrected chi connectivity index (χ3v) is 11.9. The van der Waals surface area contributed by atoms with Gasteiger partial charge in [0.05, 0.1) is 0 Å². The maximum atomic E-state index is 5.06. The molecule has 0 atom stereocenters. The van der Waals surface area contributed by atoms with E-state index in [1.165, 1.54) is 59.9 Å². The molecule has 11 rings (SSSR count). The number of fused-ring (bicyclic) bond motifs is 3. The van der Waals surface area contributed by atoms with Crippen molar-refractivity contribution >= 4 is 0 Å². The standard InChI is InChI=1S/C44H37N3/c1-27-18-33(25-34(19-27)43-46-41(30-10-4-2-5-11-30)45-42(47-43)31-12-6-3-7-13-31)32-16-17-38-37-14-8-9-15-39(37)44(40(38)26-32)35-21-28-20-29(23-35)24-36(44)22-28/h2-19,25-26,28-29,35-36H,20-24H2,1H3. The fourth-order valence-electron chi connectivity index (χ4n) is 10.3. The topological polar surface area (TPSA) is 38.7 Å². The summed E-state index contributed by atoms with van der Waals surface area (Å²) in [6.07, 6.45) is 7.05. The first-order chi connectivity index (χ1) is 23.1. The molecule has 6 aromatic rings. The van der Waals surface area contributed by atoms with E-state index >= 15 is 0 Å². The normalized spacial score (nSPS) is 24.8. The van der Waals surface area contributed by atoms with E-state index in [0.717, 1.165) is 40.4 Å². The molecule has 228 valence electrons. The van der Waals surface area contributed by atoms with Crippen molar-refractivity contribution in [1.29, 1.82) is 0 Å². The van der Waals surface area contributed by atoms with Gasteiger partial charge in [-0.1, -0.05) is 103 Å². The summed E-state index contributed by atoms with van der Waals surface area (Å²) in [4.78, 5) is 15.0. The van der Waals surface area contributed by atoms with Crippen molar-refractivity contribution in [2.75, 3.05) is 0 Å². The monoisotopic (exact) mass is 607 g/mol. The minimum absolute atomic E-state index is 0.158. The van der Waals surface area contributed by atoms with Crippen molar-refractivity contribution in [3.8, 4) is 56.4 Å². The van der Waals surface area contributed by atoms with Gasteiger partial charge in [0, 0.05) is 22.1 Å². The van der Waals surface area contributed by atoms with Gasteiger partial charge in [0.2, 0.25) is 0 Å². The second-order valence-corrected chi connectivity index (χ2v) is 14.6. The van der Waals surface area contributed by atoms with Crippen LogP contribution in [0.4, 0.5) is 0 Å². The zero-order valence-corrected chi connectivity index (χ0v) is 26.7. The van der Waals surface area contributed by atoms with Gasteiger partial charge in [-0.3, -0.25) is 0 Å². The second kappa shape index (κ2) is 10.3. The average molecular weight is 608 g/mol. The van der Waals surface area contributed by atoms with Crippen LogP contribution >= 0.6 is 0 Å². The van der Waals surface area contributed by atoms with Gasteiger partial charge in [-0.05, 0) is 120 Å². The Bertz CT molecular complexity index is 2080. The molecule has 0 amide bonds. The lowest BCUT2D eigenvalue weighted by molar-refractivity contribution is -0.0399. The molecule has 1 heterocycles. The maximum Gasteiger partial charge on any atom is 0.164 e. The quantitative estimate of drug-likeness (QED) is 0.200. The van der Waals surface area contributed by atoms with Crippen LogP contribution in [0.2, 0.25) is 0 Å². The predicted molar refractivity (Wildman–Crippen MR) is 190 cm³/mol. The molecule has 4 saturated carbocycles. The zero-order valence-electron chi connectivity index (χ0n) is 26.7. The van der Waals surface area contributed by atoms with Crippen LogP contribution in [0.3, 0.4) is 0 Å². The van der Waals surface area contributed by atoms with Crippen LogP contribution in [-0.4, -0.2) is 15.0 Å². The number of nitrogens with zero attached hydrogens (tertiary/aromatic N) is 3. The van der Waals surface area contributed by atoms with Gasteiger partial charge < -0.3 is 0 Å². The highest BCUT2D eigenvalue weighted by Gasteiger charge is 2.61. The molecular weight excluding hydrogens is 571 g/mol. The van der Waals surface area contributed by atoms with Crippen molar-refractivity contribution < 1.29 is 0 Å². The van der Waals surface area contributed by atoms with E-state index in [9.17, 15) is 0 Å². The fraction of sp³-hybridized carbons (Fsp3) is 0.250. The molecule has 3 nitrogen and oxygen atoms in total. The highest BCUT2D eigenvalue weighted by atomic mass is 15.0. The van der Waals surface area contributed by atoms with Crippen molar-refractivity contribution in [1.82, 2.24) is 15.0 Å². The molecule has 1 aromatic heterocycles. The molecule has 47 heavy (non-hydrogen) atoms. The molecule has 1 spiro atoms. The summed E-state index contributed by atoms with van der Waals surface area (Å²) < 4.78 is 0. The van der Waals surface area contributed by atoms with Crippen LogP contribution < -0.4 is 0 Å². The van der Waals surface area contributed by atoms with Gasteiger partial charge >= 0.3 is 0 Å². The number of rotatable bonds is 4. The van der Waals surface area contributed by atoms with Gasteiger partial charge in [0.15, 0.2) is 17.5 Å². The summed E-state index contributed by atoms with van der Waals surface area (Å²) in [5, 5.41) is 0. The molecule has 5 aliphatic carbocycles. The lowest BCUT2D eigenvalue weighted by Crippen LogP contribution is -2.55. The van der Waals surface area contributed by atoms with E-state index in [-0.39, 0.29) is 5.41 Å². The second-order valence-electron chi connectivity index (χ2n) is 14.6. The maximum absolute atomic E-state index is 5.06. The Morgan fingerprint density at radius 2 is 0.979 bits per heavy atom. The van der Waals surface area contributed by atoms with Crippen LogP contribution in [0.15, 0.2) is 121 Å². The van der Waals surface area contributed by atoms with E-state index in [2.05, 4.69) is 91.9 Å². The van der Waals surface area contributed by atoms with E-state index in [1.54, 1.807) is 11.1 Å². The highest BCUT2D eigenvalue weighted by molar-refractivity contribution is 5.85. The van der Waals surface area contributed by atoms with Crippen LogP contribution in [-0.2, 0) is 5.41 Å². The lowest BCUT2D eigenvalue weighted by Gasteiger charge is -2.61. The number of hydrogen-bond acceptors (Lipinski definition) is 3. The summed E-state index contributed by atoms with van der Waals surface area (Å²) in [7, 11) is 0.